The Labute approximate surface area is 495 Å². The molecule has 0 aliphatic carbocycles. The van der Waals surface area contributed by atoms with E-state index in [-0.39, 0.29) is 10.8 Å². The van der Waals surface area contributed by atoms with Gasteiger partial charge in [0.2, 0.25) is 0 Å². The number of anilines is 6. The average Bonchev–Trinajstić information content (AvgIpc) is 3.40. The Kier molecular flexibility index (Phi) is 11.4. The molecule has 0 radical (unpaired) electrons. The van der Waals surface area contributed by atoms with Gasteiger partial charge in [0.1, 0.15) is 22.3 Å². The van der Waals surface area contributed by atoms with Gasteiger partial charge in [-0.15, -0.1) is 22.7 Å². The summed E-state index contributed by atoms with van der Waals surface area (Å²) in [4.78, 5) is 4.84. The highest BCUT2D eigenvalue weighted by atomic mass is 32.1. The van der Waals surface area contributed by atoms with Crippen LogP contribution in [0.15, 0.2) is 251 Å². The van der Waals surface area contributed by atoms with Gasteiger partial charge in [0.05, 0.1) is 11.4 Å². The lowest BCUT2D eigenvalue weighted by atomic mass is 9.87. The lowest BCUT2D eigenvalue weighted by Gasteiger charge is -2.29. The molecule has 0 N–H and O–H groups in total. The van der Waals surface area contributed by atoms with Crippen LogP contribution in [0.5, 0.6) is 0 Å². The van der Waals surface area contributed by atoms with Gasteiger partial charge in [-0.3, -0.25) is 0 Å². The summed E-state index contributed by atoms with van der Waals surface area (Å²) in [5, 5.41) is 11.5. The standard InChI is InChI=1S/C78H58N2O2S2/c1-77(2,3)51-25-29-53(30-26-51)79(67-43-65-59-21-13-15-23-73(59)83-75(65)45-61(67)47-17-9-7-10-18-47)55-33-35-57-63-37-49-40-70-64(38-50(49)39-69(63)81-71(57)41-55)58-36-34-56(42-72(58)82-70)80(54-31-27-52(28-32-54)78(4,5)6)68-44-66-60-22-14-16-24-74(60)84-76(66)46-62(68)48-19-11-8-12-20-48/h7-46H,1-6H3. The number of thiophene rings is 2. The van der Waals surface area contributed by atoms with Crippen molar-refractivity contribution >= 4 is 152 Å². The third-order valence-electron chi connectivity index (χ3n) is 17.1. The van der Waals surface area contributed by atoms with Crippen LogP contribution in [0.1, 0.15) is 52.7 Å². The van der Waals surface area contributed by atoms with Crippen molar-refractivity contribution < 1.29 is 8.83 Å². The molecule has 0 unspecified atom stereocenters. The van der Waals surface area contributed by atoms with Crippen LogP contribution in [0, 0.1) is 0 Å². The molecule has 16 aromatic rings. The van der Waals surface area contributed by atoms with Gasteiger partial charge < -0.3 is 18.6 Å². The van der Waals surface area contributed by atoms with Gasteiger partial charge in [-0.05, 0) is 153 Å². The van der Waals surface area contributed by atoms with E-state index in [0.717, 1.165) is 88.8 Å². The van der Waals surface area contributed by atoms with Crippen LogP contribution in [-0.4, -0.2) is 0 Å². The van der Waals surface area contributed by atoms with Crippen molar-refractivity contribution in [1.82, 2.24) is 0 Å². The van der Waals surface area contributed by atoms with Gasteiger partial charge in [0, 0.05) is 108 Å². The molecule has 0 saturated carbocycles. The Morgan fingerprint density at radius 1 is 0.286 bits per heavy atom. The second kappa shape index (κ2) is 19.0. The van der Waals surface area contributed by atoms with E-state index in [0.29, 0.717) is 0 Å². The molecule has 0 fully saturated rings. The van der Waals surface area contributed by atoms with Gasteiger partial charge in [-0.1, -0.05) is 163 Å². The maximum Gasteiger partial charge on any atom is 0.137 e. The first-order valence-electron chi connectivity index (χ1n) is 28.9. The van der Waals surface area contributed by atoms with Crippen molar-refractivity contribution in [3.8, 4) is 22.3 Å². The zero-order valence-electron chi connectivity index (χ0n) is 47.6. The number of furan rings is 2. The molecule has 0 bridgehead atoms. The van der Waals surface area contributed by atoms with Crippen LogP contribution in [0.2, 0.25) is 0 Å². The van der Waals surface area contributed by atoms with E-state index in [1.165, 1.54) is 73.7 Å². The number of hydrogen-bond acceptors (Lipinski definition) is 6. The maximum atomic E-state index is 6.98. The monoisotopic (exact) mass is 1120 g/mol. The largest absolute Gasteiger partial charge is 0.456 e. The predicted octanol–water partition coefficient (Wildman–Crippen LogP) is 24.2. The Morgan fingerprint density at radius 3 is 1.06 bits per heavy atom. The summed E-state index contributed by atoms with van der Waals surface area (Å²) >= 11 is 3.71. The minimum atomic E-state index is 0.00928. The quantitative estimate of drug-likeness (QED) is 0.152. The minimum Gasteiger partial charge on any atom is -0.456 e. The lowest BCUT2D eigenvalue weighted by molar-refractivity contribution is 0.590. The normalized spacial score (nSPS) is 12.4. The molecule has 12 aromatic carbocycles. The van der Waals surface area contributed by atoms with Gasteiger partial charge in [-0.2, -0.15) is 0 Å². The summed E-state index contributed by atoms with van der Waals surface area (Å²) in [6, 6.07) is 89.4. The van der Waals surface area contributed by atoms with E-state index in [2.05, 4.69) is 294 Å². The van der Waals surface area contributed by atoms with Gasteiger partial charge >= 0.3 is 0 Å². The van der Waals surface area contributed by atoms with Crippen LogP contribution in [0.3, 0.4) is 0 Å². The fraction of sp³-hybridized carbons (Fsp3) is 0.103. The predicted molar refractivity (Wildman–Crippen MR) is 362 cm³/mol. The summed E-state index contributed by atoms with van der Waals surface area (Å²) in [6.07, 6.45) is 0. The van der Waals surface area contributed by atoms with Crippen LogP contribution in [0.25, 0.3) is 117 Å². The first-order valence-corrected chi connectivity index (χ1v) is 30.6. The van der Waals surface area contributed by atoms with Crippen LogP contribution in [-0.2, 0) is 10.8 Å². The smallest absolute Gasteiger partial charge is 0.137 e. The van der Waals surface area contributed by atoms with Crippen molar-refractivity contribution in [3.05, 3.63) is 254 Å². The molecule has 84 heavy (non-hydrogen) atoms. The fourth-order valence-electron chi connectivity index (χ4n) is 12.7. The summed E-state index contributed by atoms with van der Waals surface area (Å²) in [7, 11) is 0. The lowest BCUT2D eigenvalue weighted by Crippen LogP contribution is -2.13. The fourth-order valence-corrected chi connectivity index (χ4v) is 15.0. The van der Waals surface area contributed by atoms with Crippen molar-refractivity contribution in [3.63, 3.8) is 0 Å². The molecule has 404 valence electrons. The van der Waals surface area contributed by atoms with Gasteiger partial charge in [-0.25, -0.2) is 0 Å². The van der Waals surface area contributed by atoms with E-state index < -0.39 is 0 Å². The second-order valence-electron chi connectivity index (χ2n) is 24.5. The van der Waals surface area contributed by atoms with E-state index >= 15 is 0 Å². The Hall–Kier alpha value is -9.46. The molecule has 4 aromatic heterocycles. The van der Waals surface area contributed by atoms with Crippen molar-refractivity contribution in [2.45, 2.75) is 52.4 Å². The number of hydrogen-bond donors (Lipinski definition) is 0. The summed E-state index contributed by atoms with van der Waals surface area (Å²) in [6.45, 7) is 13.6. The number of nitrogens with zero attached hydrogens (tertiary/aromatic N) is 2. The Bertz CT molecular complexity index is 4930. The highest BCUT2D eigenvalue weighted by Crippen LogP contribution is 2.50. The molecule has 16 rings (SSSR count). The molecule has 0 saturated heterocycles. The highest BCUT2D eigenvalue weighted by Gasteiger charge is 2.26. The summed E-state index contributed by atoms with van der Waals surface area (Å²) < 4.78 is 19.1. The molecule has 0 aliphatic heterocycles. The summed E-state index contributed by atoms with van der Waals surface area (Å²) in [5.74, 6) is 0. The molecule has 4 nitrogen and oxygen atoms in total. The van der Waals surface area contributed by atoms with Gasteiger partial charge in [0.15, 0.2) is 0 Å². The molecule has 0 amide bonds. The van der Waals surface area contributed by atoms with Crippen molar-refractivity contribution in [2.75, 3.05) is 9.80 Å². The third kappa shape index (κ3) is 8.38. The third-order valence-corrected chi connectivity index (χ3v) is 19.4. The first kappa shape index (κ1) is 50.3. The molecule has 0 aliphatic rings. The van der Waals surface area contributed by atoms with Crippen molar-refractivity contribution in [1.29, 1.82) is 0 Å². The van der Waals surface area contributed by atoms with E-state index in [9.17, 15) is 0 Å². The molecular formula is C78H58N2O2S2. The Balaban J connectivity index is 0.831. The molecular weight excluding hydrogens is 1060 g/mol. The topological polar surface area (TPSA) is 32.8 Å². The minimum absolute atomic E-state index is 0.00928. The summed E-state index contributed by atoms with van der Waals surface area (Å²) in [5.41, 5.74) is 17.0. The molecule has 4 heterocycles. The number of benzene rings is 12. The molecule has 0 atom stereocenters. The van der Waals surface area contributed by atoms with Crippen LogP contribution in [0.4, 0.5) is 34.1 Å². The maximum absolute atomic E-state index is 6.98. The van der Waals surface area contributed by atoms with Crippen molar-refractivity contribution in [2.24, 2.45) is 0 Å². The van der Waals surface area contributed by atoms with E-state index in [4.69, 9.17) is 8.83 Å². The number of fused-ring (bicyclic) bond motifs is 13. The first-order chi connectivity index (χ1) is 40.8. The van der Waals surface area contributed by atoms with E-state index in [1.54, 1.807) is 0 Å². The second-order valence-corrected chi connectivity index (χ2v) is 26.7. The molecule has 6 heteroatoms. The highest BCUT2D eigenvalue weighted by molar-refractivity contribution is 7.26. The molecule has 0 spiro atoms. The average molecular weight is 1120 g/mol. The SMILES string of the molecule is CC(C)(C)c1ccc(N(c2ccc3c(c2)oc2cc4cc5c(cc4cc23)oc2cc(N(c3ccc(C(C)(C)C)cc3)c3cc4c(cc3-c3ccccc3)sc3ccccc34)ccc25)c2cc3c(cc2-c2ccccc2)sc2ccccc23)cc1. The van der Waals surface area contributed by atoms with Gasteiger partial charge in [0.25, 0.3) is 0 Å². The zero-order chi connectivity index (χ0) is 56.6. The Morgan fingerprint density at radius 2 is 0.655 bits per heavy atom. The van der Waals surface area contributed by atoms with Crippen LogP contribution >= 0.6 is 22.7 Å². The zero-order valence-corrected chi connectivity index (χ0v) is 49.3. The number of rotatable bonds is 8. The van der Waals surface area contributed by atoms with E-state index in [1.807, 2.05) is 22.7 Å². The van der Waals surface area contributed by atoms with Crippen LogP contribution < -0.4 is 9.80 Å².